The summed E-state index contributed by atoms with van der Waals surface area (Å²) in [5.41, 5.74) is 1.38. The predicted molar refractivity (Wildman–Crippen MR) is 113 cm³/mol. The summed E-state index contributed by atoms with van der Waals surface area (Å²) in [4.78, 5) is 12.6. The Hall–Kier alpha value is -2.78. The monoisotopic (exact) mass is 434 g/mol. The summed E-state index contributed by atoms with van der Waals surface area (Å²) in [6.45, 7) is 3.39. The number of anilines is 1. The van der Waals surface area contributed by atoms with Crippen LogP contribution in [0.3, 0.4) is 0 Å². The lowest BCUT2D eigenvalue weighted by molar-refractivity contribution is -0.122. The number of ether oxygens (including phenoxy) is 3. The van der Waals surface area contributed by atoms with Crippen LogP contribution in [0.4, 0.5) is 5.69 Å². The fraction of sp³-hybridized carbons (Fsp3) is 0.381. The quantitative estimate of drug-likeness (QED) is 0.607. The van der Waals surface area contributed by atoms with Crippen molar-refractivity contribution in [3.63, 3.8) is 0 Å². The average Bonchev–Trinajstić information content (AvgIpc) is 2.73. The molecule has 2 aromatic rings. The lowest BCUT2D eigenvalue weighted by atomic mass is 10.2. The van der Waals surface area contributed by atoms with E-state index in [4.69, 9.17) is 14.2 Å². The molecule has 0 aliphatic carbocycles. The third-order valence-corrected chi connectivity index (χ3v) is 5.77. The molecule has 1 aliphatic heterocycles. The molecule has 0 aromatic heterocycles. The van der Waals surface area contributed by atoms with Gasteiger partial charge in [-0.1, -0.05) is 30.3 Å². The van der Waals surface area contributed by atoms with Crippen molar-refractivity contribution in [2.75, 3.05) is 36.9 Å². The highest BCUT2D eigenvalue weighted by atomic mass is 32.2. The van der Waals surface area contributed by atoms with Gasteiger partial charge >= 0.3 is 0 Å². The molecule has 30 heavy (non-hydrogen) atoms. The fourth-order valence-electron chi connectivity index (χ4n) is 3.14. The molecule has 0 saturated carbocycles. The second-order valence-corrected chi connectivity index (χ2v) is 8.75. The summed E-state index contributed by atoms with van der Waals surface area (Å²) >= 11 is 0. The molecule has 9 heteroatoms. The summed E-state index contributed by atoms with van der Waals surface area (Å²) in [6, 6.07) is 13.6. The first-order valence-corrected chi connectivity index (χ1v) is 11.5. The maximum Gasteiger partial charge on any atom is 0.243 e. The van der Waals surface area contributed by atoms with Gasteiger partial charge in [0, 0.05) is 12.6 Å². The van der Waals surface area contributed by atoms with E-state index >= 15 is 0 Å². The van der Waals surface area contributed by atoms with Crippen molar-refractivity contribution < 1.29 is 27.4 Å². The molecule has 0 saturated heterocycles. The molecule has 3 rings (SSSR count). The van der Waals surface area contributed by atoms with Crippen LogP contribution in [-0.4, -0.2) is 53.0 Å². The third kappa shape index (κ3) is 5.64. The van der Waals surface area contributed by atoms with E-state index in [0.29, 0.717) is 43.6 Å². The minimum absolute atomic E-state index is 0.273. The van der Waals surface area contributed by atoms with Crippen molar-refractivity contribution in [2.24, 2.45) is 0 Å². The minimum atomic E-state index is -3.72. The molecule has 1 N–H and O–H groups in total. The second-order valence-electron chi connectivity index (χ2n) is 6.89. The van der Waals surface area contributed by atoms with Crippen LogP contribution in [-0.2, 0) is 26.2 Å². The highest BCUT2D eigenvalue weighted by molar-refractivity contribution is 7.92. The topological polar surface area (TPSA) is 94.2 Å². The Morgan fingerprint density at radius 2 is 1.83 bits per heavy atom. The van der Waals surface area contributed by atoms with Crippen LogP contribution >= 0.6 is 0 Å². The van der Waals surface area contributed by atoms with Crippen molar-refractivity contribution in [2.45, 2.75) is 19.6 Å². The highest BCUT2D eigenvalue weighted by Crippen LogP contribution is 2.35. The number of carbonyl (C=O) groups is 1. The second kappa shape index (κ2) is 9.82. The molecule has 2 aromatic carbocycles. The van der Waals surface area contributed by atoms with E-state index in [1.165, 1.54) is 6.92 Å². The van der Waals surface area contributed by atoms with E-state index in [0.717, 1.165) is 16.1 Å². The molecule has 0 spiro atoms. The normalized spacial score (nSPS) is 14.1. The third-order valence-electron chi connectivity index (χ3n) is 4.53. The van der Waals surface area contributed by atoms with Gasteiger partial charge in [-0.25, -0.2) is 8.42 Å². The Morgan fingerprint density at radius 1 is 1.13 bits per heavy atom. The molecule has 162 valence electrons. The van der Waals surface area contributed by atoms with Gasteiger partial charge in [-0.3, -0.25) is 9.10 Å². The minimum Gasteiger partial charge on any atom is -0.486 e. The van der Waals surface area contributed by atoms with Crippen LogP contribution in [0.15, 0.2) is 48.5 Å². The summed E-state index contributed by atoms with van der Waals surface area (Å²) in [5.74, 6) is 0.582. The van der Waals surface area contributed by atoms with E-state index in [1.807, 2.05) is 30.3 Å². The summed E-state index contributed by atoms with van der Waals surface area (Å²) in [6.07, 6.45) is 1.07. The number of hydrogen-bond acceptors (Lipinski definition) is 6. The van der Waals surface area contributed by atoms with E-state index in [-0.39, 0.29) is 6.54 Å². The van der Waals surface area contributed by atoms with Crippen LogP contribution in [0.1, 0.15) is 12.5 Å². The van der Waals surface area contributed by atoms with Crippen molar-refractivity contribution >= 4 is 21.6 Å². The van der Waals surface area contributed by atoms with Crippen molar-refractivity contribution in [1.82, 2.24) is 5.32 Å². The molecule has 0 radical (unpaired) electrons. The fourth-order valence-corrected chi connectivity index (χ4v) is 4.30. The maximum atomic E-state index is 12.6. The molecule has 0 bridgehead atoms. The lowest BCUT2D eigenvalue weighted by Crippen LogP contribution is -2.48. The first kappa shape index (κ1) is 21.9. The Bertz CT molecular complexity index is 965. The number of amides is 1. The zero-order valence-electron chi connectivity index (χ0n) is 17.0. The van der Waals surface area contributed by atoms with Gasteiger partial charge in [0.1, 0.15) is 19.3 Å². The molecule has 8 nitrogen and oxygen atoms in total. The van der Waals surface area contributed by atoms with Crippen LogP contribution < -0.4 is 19.1 Å². The van der Waals surface area contributed by atoms with Gasteiger partial charge in [-0.15, -0.1) is 0 Å². The molecule has 1 aliphatic rings. The molecule has 1 heterocycles. The van der Waals surface area contributed by atoms with Gasteiger partial charge in [0.15, 0.2) is 11.5 Å². The molecule has 0 unspecified atom stereocenters. The number of hydrogen-bond donors (Lipinski definition) is 1. The van der Waals surface area contributed by atoms with E-state index in [2.05, 4.69) is 5.32 Å². The average molecular weight is 435 g/mol. The maximum absolute atomic E-state index is 12.6. The number of nitrogens with one attached hydrogen (secondary N) is 1. The molecule has 1 amide bonds. The number of rotatable bonds is 9. The first-order chi connectivity index (χ1) is 14.4. The SMILES string of the molecule is C[C@@H](C(=O)NCCOCc1ccccc1)N(c1ccc2c(c1)OCCO2)S(C)(=O)=O. The van der Waals surface area contributed by atoms with Gasteiger partial charge in [0.05, 0.1) is 25.2 Å². The summed E-state index contributed by atoms with van der Waals surface area (Å²) < 4.78 is 42.5. The van der Waals surface area contributed by atoms with Crippen molar-refractivity contribution in [3.05, 3.63) is 54.1 Å². The van der Waals surface area contributed by atoms with E-state index in [1.54, 1.807) is 18.2 Å². The van der Waals surface area contributed by atoms with Gasteiger partial charge in [-0.2, -0.15) is 0 Å². The Labute approximate surface area is 176 Å². The molecule has 0 fully saturated rings. The molecule has 1 atom stereocenters. The van der Waals surface area contributed by atoms with E-state index < -0.39 is 22.0 Å². The van der Waals surface area contributed by atoms with Crippen LogP contribution in [0.2, 0.25) is 0 Å². The molecular formula is C21H26N2O6S. The predicted octanol–water partition coefficient (Wildman–Crippen LogP) is 1.95. The summed E-state index contributed by atoms with van der Waals surface area (Å²) in [5, 5.41) is 2.73. The largest absolute Gasteiger partial charge is 0.486 e. The molecular weight excluding hydrogens is 408 g/mol. The first-order valence-electron chi connectivity index (χ1n) is 9.64. The smallest absolute Gasteiger partial charge is 0.243 e. The van der Waals surface area contributed by atoms with Crippen molar-refractivity contribution in [3.8, 4) is 11.5 Å². The summed E-state index contributed by atoms with van der Waals surface area (Å²) in [7, 11) is -3.72. The standard InChI is InChI=1S/C21H26N2O6S/c1-16(21(24)22-10-11-27-15-17-6-4-3-5-7-17)23(30(2,25)26)18-8-9-19-20(14-18)29-13-12-28-19/h3-9,14,16H,10-13,15H2,1-2H3,(H,22,24)/t16-/m0/s1. The van der Waals surface area contributed by atoms with Crippen molar-refractivity contribution in [1.29, 1.82) is 0 Å². The van der Waals surface area contributed by atoms with Gasteiger partial charge in [0.2, 0.25) is 15.9 Å². The lowest BCUT2D eigenvalue weighted by Gasteiger charge is -2.29. The van der Waals surface area contributed by atoms with Crippen LogP contribution in [0.25, 0.3) is 0 Å². The Morgan fingerprint density at radius 3 is 2.53 bits per heavy atom. The van der Waals surface area contributed by atoms with Gasteiger partial charge < -0.3 is 19.5 Å². The Kier molecular flexibility index (Phi) is 7.17. The number of nitrogens with zero attached hydrogens (tertiary/aromatic N) is 1. The number of sulfonamides is 1. The number of fused-ring (bicyclic) bond motifs is 1. The van der Waals surface area contributed by atoms with Gasteiger partial charge in [-0.05, 0) is 24.6 Å². The zero-order chi connectivity index (χ0) is 21.6. The number of carbonyl (C=O) groups excluding carboxylic acids is 1. The van der Waals surface area contributed by atoms with Crippen LogP contribution in [0.5, 0.6) is 11.5 Å². The number of benzene rings is 2. The van der Waals surface area contributed by atoms with E-state index in [9.17, 15) is 13.2 Å². The highest BCUT2D eigenvalue weighted by Gasteiger charge is 2.30. The van der Waals surface area contributed by atoms with Gasteiger partial charge in [0.25, 0.3) is 0 Å². The Balaban J connectivity index is 1.59. The zero-order valence-corrected chi connectivity index (χ0v) is 17.9. The van der Waals surface area contributed by atoms with Crippen LogP contribution in [0, 0.1) is 0 Å².